The first kappa shape index (κ1) is 33.0. The van der Waals surface area contributed by atoms with Gasteiger partial charge >= 0.3 is 11.9 Å². The van der Waals surface area contributed by atoms with E-state index in [1.54, 1.807) is 30.3 Å². The van der Waals surface area contributed by atoms with Gasteiger partial charge in [-0.15, -0.1) is 0 Å². The smallest absolute Gasteiger partial charge is 0.326 e. The van der Waals surface area contributed by atoms with E-state index in [2.05, 4.69) is 10.6 Å². The summed E-state index contributed by atoms with van der Waals surface area (Å²) >= 11 is 0. The average molecular weight is 569 g/mol. The van der Waals surface area contributed by atoms with E-state index in [9.17, 15) is 29.1 Å². The summed E-state index contributed by atoms with van der Waals surface area (Å²) in [7, 11) is 0. The Morgan fingerprint density at radius 1 is 0.854 bits per heavy atom. The Morgan fingerprint density at radius 3 is 1.93 bits per heavy atom. The molecule has 0 unspecified atom stereocenters. The highest BCUT2D eigenvalue weighted by atomic mass is 16.5. The first-order valence-corrected chi connectivity index (χ1v) is 13.6. The maximum Gasteiger partial charge on any atom is 0.326 e. The number of hydrogen-bond donors (Lipinski definition) is 5. The molecule has 41 heavy (non-hydrogen) atoms. The third kappa shape index (κ3) is 11.8. The summed E-state index contributed by atoms with van der Waals surface area (Å²) in [6.45, 7) is 3.84. The predicted molar refractivity (Wildman–Crippen MR) is 152 cm³/mol. The molecule has 11 heteroatoms. The third-order valence-corrected chi connectivity index (χ3v) is 6.59. The number of carboxylic acids is 1. The molecule has 3 amide bonds. The molecule has 7 N–H and O–H groups in total. The predicted octanol–water partition coefficient (Wildman–Crippen LogP) is 1.47. The SMILES string of the molecule is CCC[C@H](C)[C@H](CC(=O)N[C@@H](Cc1ccccc1)C(=O)N[C@@H](CC(N)=O)C(=O)O)OC(=O)[C@H](N)Cc1ccccc1. The van der Waals surface area contributed by atoms with Crippen LogP contribution in [-0.4, -0.2) is 59.0 Å². The number of nitrogens with two attached hydrogens (primary N) is 2. The molecule has 0 radical (unpaired) electrons. The number of primary amides is 1. The number of nitrogens with one attached hydrogen (secondary N) is 2. The Morgan fingerprint density at radius 2 is 1.41 bits per heavy atom. The zero-order chi connectivity index (χ0) is 30.4. The standard InChI is InChI=1S/C30H40N4O7/c1-3-10-19(2)25(41-30(40)22(31)15-20-11-6-4-7-12-20)18-27(36)33-23(16-21-13-8-5-9-14-21)28(37)34-24(29(38)39)17-26(32)35/h4-9,11-14,19,22-25H,3,10,15-18,31H2,1-2H3,(H2,32,35)(H,33,36)(H,34,37)(H,38,39)/t19-,22+,23-,24-,25-/m0/s1. The molecule has 0 fully saturated rings. The van der Waals surface area contributed by atoms with E-state index < -0.39 is 60.3 Å². The van der Waals surface area contributed by atoms with E-state index in [4.69, 9.17) is 16.2 Å². The minimum Gasteiger partial charge on any atom is -0.480 e. The molecule has 0 saturated carbocycles. The topological polar surface area (TPSA) is 191 Å². The summed E-state index contributed by atoms with van der Waals surface area (Å²) in [5, 5.41) is 14.3. The van der Waals surface area contributed by atoms with E-state index in [1.165, 1.54) is 0 Å². The Balaban J connectivity index is 2.16. The maximum absolute atomic E-state index is 13.2. The summed E-state index contributed by atoms with van der Waals surface area (Å²) in [6, 6.07) is 14.4. The van der Waals surface area contributed by atoms with Crippen molar-refractivity contribution in [1.29, 1.82) is 0 Å². The lowest BCUT2D eigenvalue weighted by molar-refractivity contribution is -0.155. The molecule has 0 aromatic heterocycles. The fourth-order valence-corrected chi connectivity index (χ4v) is 4.36. The first-order valence-electron chi connectivity index (χ1n) is 13.6. The van der Waals surface area contributed by atoms with Crippen LogP contribution in [0.5, 0.6) is 0 Å². The number of rotatable bonds is 17. The van der Waals surface area contributed by atoms with Gasteiger partial charge in [0.15, 0.2) is 0 Å². The number of carboxylic acid groups (broad SMARTS) is 1. The monoisotopic (exact) mass is 568 g/mol. The van der Waals surface area contributed by atoms with Gasteiger partial charge in [0.05, 0.1) is 12.8 Å². The van der Waals surface area contributed by atoms with E-state index in [-0.39, 0.29) is 25.2 Å². The van der Waals surface area contributed by atoms with Crippen LogP contribution in [-0.2, 0) is 41.6 Å². The number of carbonyl (C=O) groups is 5. The fraction of sp³-hybridized carbons (Fsp3) is 0.433. The van der Waals surface area contributed by atoms with Gasteiger partial charge in [-0.3, -0.25) is 19.2 Å². The molecule has 0 bridgehead atoms. The van der Waals surface area contributed by atoms with Gasteiger partial charge in [0.1, 0.15) is 24.2 Å². The van der Waals surface area contributed by atoms with Crippen LogP contribution in [0.25, 0.3) is 0 Å². The highest BCUT2D eigenvalue weighted by molar-refractivity contribution is 5.92. The molecular formula is C30H40N4O7. The van der Waals surface area contributed by atoms with Crippen molar-refractivity contribution in [3.63, 3.8) is 0 Å². The zero-order valence-corrected chi connectivity index (χ0v) is 23.5. The Labute approximate surface area is 240 Å². The van der Waals surface area contributed by atoms with E-state index in [1.807, 2.05) is 44.2 Å². The number of hydrogen-bond acceptors (Lipinski definition) is 7. The van der Waals surface area contributed by atoms with Gasteiger partial charge in [-0.05, 0) is 29.9 Å². The van der Waals surface area contributed by atoms with Gasteiger partial charge in [0.25, 0.3) is 0 Å². The molecule has 222 valence electrons. The van der Waals surface area contributed by atoms with Gasteiger partial charge in [-0.1, -0.05) is 80.9 Å². The minimum atomic E-state index is -1.56. The lowest BCUT2D eigenvalue weighted by Gasteiger charge is -2.26. The summed E-state index contributed by atoms with van der Waals surface area (Å²) in [6.07, 6.45) is 0.166. The number of benzene rings is 2. The largest absolute Gasteiger partial charge is 0.480 e. The molecule has 2 rings (SSSR count). The lowest BCUT2D eigenvalue weighted by atomic mass is 9.96. The van der Waals surface area contributed by atoms with Crippen LogP contribution in [0.3, 0.4) is 0 Å². The van der Waals surface area contributed by atoms with Crippen LogP contribution in [0.15, 0.2) is 60.7 Å². The molecule has 0 aliphatic rings. The van der Waals surface area contributed by atoms with E-state index >= 15 is 0 Å². The van der Waals surface area contributed by atoms with Crippen molar-refractivity contribution in [2.45, 2.75) is 76.6 Å². The highest BCUT2D eigenvalue weighted by Gasteiger charge is 2.31. The molecule has 0 saturated heterocycles. The van der Waals surface area contributed by atoms with Crippen molar-refractivity contribution in [3.05, 3.63) is 71.8 Å². The van der Waals surface area contributed by atoms with Crippen molar-refractivity contribution in [2.24, 2.45) is 17.4 Å². The summed E-state index contributed by atoms with van der Waals surface area (Å²) < 4.78 is 5.72. The quantitative estimate of drug-likeness (QED) is 0.177. The van der Waals surface area contributed by atoms with E-state index in [0.29, 0.717) is 12.0 Å². The normalized spacial score (nSPS) is 14.5. The second-order valence-corrected chi connectivity index (χ2v) is 10.1. The highest BCUT2D eigenvalue weighted by Crippen LogP contribution is 2.19. The van der Waals surface area contributed by atoms with Crippen LogP contribution in [0, 0.1) is 5.92 Å². The van der Waals surface area contributed by atoms with Crippen LogP contribution in [0.4, 0.5) is 0 Å². The molecule has 0 heterocycles. The Kier molecular flexibility index (Phi) is 13.5. The van der Waals surface area contributed by atoms with Gasteiger partial charge in [0.2, 0.25) is 17.7 Å². The lowest BCUT2D eigenvalue weighted by Crippen LogP contribution is -2.53. The van der Waals surface area contributed by atoms with Crippen molar-refractivity contribution >= 4 is 29.7 Å². The van der Waals surface area contributed by atoms with Crippen molar-refractivity contribution < 1.29 is 33.8 Å². The molecule has 0 spiro atoms. The second kappa shape index (κ2) is 16.8. The average Bonchev–Trinajstić information content (AvgIpc) is 2.92. The first-order chi connectivity index (χ1) is 19.5. The van der Waals surface area contributed by atoms with Gasteiger partial charge in [-0.25, -0.2) is 4.79 Å². The Hall–Kier alpha value is -4.25. The minimum absolute atomic E-state index is 0.0538. The van der Waals surface area contributed by atoms with Gasteiger partial charge in [0, 0.05) is 6.42 Å². The zero-order valence-electron chi connectivity index (χ0n) is 23.5. The fourth-order valence-electron chi connectivity index (χ4n) is 4.36. The maximum atomic E-state index is 13.2. The Bertz CT molecular complexity index is 1160. The molecule has 5 atom stereocenters. The molecule has 0 aliphatic carbocycles. The third-order valence-electron chi connectivity index (χ3n) is 6.59. The van der Waals surface area contributed by atoms with Crippen LogP contribution < -0.4 is 22.1 Å². The summed E-state index contributed by atoms with van der Waals surface area (Å²) in [4.78, 5) is 62.0. The molecule has 0 aliphatic heterocycles. The van der Waals surface area contributed by atoms with Gasteiger partial charge in [-0.2, -0.15) is 0 Å². The molecular weight excluding hydrogens is 528 g/mol. The number of esters is 1. The molecule has 11 nitrogen and oxygen atoms in total. The molecule has 2 aromatic carbocycles. The number of amides is 3. The number of ether oxygens (including phenoxy) is 1. The van der Waals surface area contributed by atoms with Crippen LogP contribution in [0.1, 0.15) is 50.7 Å². The number of aliphatic carboxylic acids is 1. The molecule has 2 aromatic rings. The summed E-state index contributed by atoms with van der Waals surface area (Å²) in [5.41, 5.74) is 12.8. The van der Waals surface area contributed by atoms with Crippen LogP contribution >= 0.6 is 0 Å². The second-order valence-electron chi connectivity index (χ2n) is 10.1. The van der Waals surface area contributed by atoms with Crippen molar-refractivity contribution in [1.82, 2.24) is 10.6 Å². The van der Waals surface area contributed by atoms with Crippen LogP contribution in [0.2, 0.25) is 0 Å². The van der Waals surface area contributed by atoms with E-state index in [0.717, 1.165) is 12.0 Å². The number of carbonyl (C=O) groups excluding carboxylic acids is 4. The van der Waals surface area contributed by atoms with Crippen molar-refractivity contribution in [3.8, 4) is 0 Å². The van der Waals surface area contributed by atoms with Crippen molar-refractivity contribution in [2.75, 3.05) is 0 Å². The van der Waals surface area contributed by atoms with Gasteiger partial charge < -0.3 is 31.9 Å². The summed E-state index contributed by atoms with van der Waals surface area (Å²) in [5.74, 6) is -4.51.